The lowest BCUT2D eigenvalue weighted by Gasteiger charge is -2.26. The Morgan fingerprint density at radius 1 is 1.20 bits per heavy atom. The monoisotopic (exact) mass is 205 g/mol. The van der Waals surface area contributed by atoms with Crippen LogP contribution in [0.25, 0.3) is 0 Å². The molecule has 0 unspecified atom stereocenters. The Labute approximate surface area is 91.5 Å². The lowest BCUT2D eigenvalue weighted by atomic mass is 10.1. The molecule has 1 N–H and O–H groups in total. The smallest absolute Gasteiger partial charge is 0.122 e. The first-order chi connectivity index (χ1) is 7.27. The number of likely N-dealkylation sites (tertiary alicyclic amines) is 1. The predicted molar refractivity (Wildman–Crippen MR) is 62.0 cm³/mol. The highest BCUT2D eigenvalue weighted by atomic mass is 16.3. The van der Waals surface area contributed by atoms with Crippen molar-refractivity contribution < 1.29 is 5.11 Å². The van der Waals surface area contributed by atoms with Gasteiger partial charge < -0.3 is 5.11 Å². The maximum absolute atomic E-state index is 9.90. The third-order valence-corrected chi connectivity index (χ3v) is 3.16. The maximum atomic E-state index is 9.90. The van der Waals surface area contributed by atoms with Crippen LogP contribution >= 0.6 is 0 Å². The van der Waals surface area contributed by atoms with Crippen LogP contribution in [0.4, 0.5) is 0 Å². The number of nitrogens with zero attached hydrogens (tertiary/aromatic N) is 1. The van der Waals surface area contributed by atoms with Crippen molar-refractivity contribution in [3.63, 3.8) is 0 Å². The van der Waals surface area contributed by atoms with Crippen molar-refractivity contribution in [2.24, 2.45) is 0 Å². The van der Waals surface area contributed by atoms with Crippen LogP contribution in [0.2, 0.25) is 0 Å². The Kier molecular flexibility index (Phi) is 3.27. The van der Waals surface area contributed by atoms with Gasteiger partial charge in [-0.15, -0.1) is 0 Å². The summed E-state index contributed by atoms with van der Waals surface area (Å²) < 4.78 is 0. The number of para-hydroxylation sites is 1. The van der Waals surface area contributed by atoms with Gasteiger partial charge in [0.1, 0.15) is 5.75 Å². The Morgan fingerprint density at radius 2 is 1.93 bits per heavy atom. The van der Waals surface area contributed by atoms with Gasteiger partial charge in [0.15, 0.2) is 0 Å². The summed E-state index contributed by atoms with van der Waals surface area (Å²) in [6, 6.07) is 6.00. The molecule has 0 amide bonds. The molecule has 82 valence electrons. The molecular weight excluding hydrogens is 186 g/mol. The molecule has 1 fully saturated rings. The molecule has 1 saturated heterocycles. The van der Waals surface area contributed by atoms with Crippen LogP contribution in [0.1, 0.15) is 30.4 Å². The summed E-state index contributed by atoms with van der Waals surface area (Å²) in [5, 5.41) is 9.90. The molecule has 1 aromatic rings. The summed E-state index contributed by atoms with van der Waals surface area (Å²) in [6.45, 7) is 5.20. The average Bonchev–Trinajstić information content (AvgIpc) is 2.26. The van der Waals surface area contributed by atoms with Crippen LogP contribution in [0.3, 0.4) is 0 Å². The van der Waals surface area contributed by atoms with E-state index in [1.807, 2.05) is 25.1 Å². The first kappa shape index (κ1) is 10.5. The quantitative estimate of drug-likeness (QED) is 0.802. The van der Waals surface area contributed by atoms with Gasteiger partial charge in [0.25, 0.3) is 0 Å². The fourth-order valence-electron chi connectivity index (χ4n) is 2.21. The van der Waals surface area contributed by atoms with Gasteiger partial charge in [-0.1, -0.05) is 24.6 Å². The van der Waals surface area contributed by atoms with Crippen molar-refractivity contribution in [2.75, 3.05) is 13.1 Å². The van der Waals surface area contributed by atoms with E-state index < -0.39 is 0 Å². The minimum absolute atomic E-state index is 0.475. The third kappa shape index (κ3) is 2.51. The van der Waals surface area contributed by atoms with Crippen molar-refractivity contribution in [3.05, 3.63) is 29.3 Å². The van der Waals surface area contributed by atoms with E-state index in [1.165, 1.54) is 32.4 Å². The van der Waals surface area contributed by atoms with Gasteiger partial charge >= 0.3 is 0 Å². The molecule has 15 heavy (non-hydrogen) atoms. The molecule has 2 rings (SSSR count). The highest BCUT2D eigenvalue weighted by molar-refractivity contribution is 5.39. The van der Waals surface area contributed by atoms with Gasteiger partial charge in [-0.05, 0) is 38.4 Å². The highest BCUT2D eigenvalue weighted by Gasteiger charge is 2.12. The Morgan fingerprint density at radius 3 is 2.67 bits per heavy atom. The first-order valence-corrected chi connectivity index (χ1v) is 5.77. The van der Waals surface area contributed by atoms with E-state index in [-0.39, 0.29) is 0 Å². The minimum atomic E-state index is 0.475. The van der Waals surface area contributed by atoms with Crippen LogP contribution < -0.4 is 0 Å². The number of benzene rings is 1. The van der Waals surface area contributed by atoms with Crippen LogP contribution in [0, 0.1) is 6.92 Å². The second-order valence-electron chi connectivity index (χ2n) is 4.42. The van der Waals surface area contributed by atoms with E-state index in [0.717, 1.165) is 17.7 Å². The van der Waals surface area contributed by atoms with E-state index in [2.05, 4.69) is 4.90 Å². The molecule has 0 bridgehead atoms. The highest BCUT2D eigenvalue weighted by Crippen LogP contribution is 2.23. The zero-order valence-electron chi connectivity index (χ0n) is 9.37. The largest absolute Gasteiger partial charge is 0.507 e. The van der Waals surface area contributed by atoms with Crippen molar-refractivity contribution in [1.82, 2.24) is 4.90 Å². The first-order valence-electron chi connectivity index (χ1n) is 5.77. The molecule has 0 saturated carbocycles. The van der Waals surface area contributed by atoms with Crippen molar-refractivity contribution >= 4 is 0 Å². The third-order valence-electron chi connectivity index (χ3n) is 3.16. The average molecular weight is 205 g/mol. The number of hydrogen-bond donors (Lipinski definition) is 1. The van der Waals surface area contributed by atoms with Crippen LogP contribution in [-0.4, -0.2) is 23.1 Å². The number of rotatable bonds is 2. The molecule has 1 aromatic carbocycles. The molecule has 0 radical (unpaired) electrons. The summed E-state index contributed by atoms with van der Waals surface area (Å²) in [6.07, 6.45) is 3.95. The SMILES string of the molecule is Cc1cccc(CN2CCCCC2)c1O. The zero-order chi connectivity index (χ0) is 10.7. The fraction of sp³-hybridized carbons (Fsp3) is 0.538. The molecule has 1 aliphatic rings. The standard InChI is InChI=1S/C13H19NO/c1-11-6-5-7-12(13(11)15)10-14-8-3-2-4-9-14/h5-7,15H,2-4,8-10H2,1H3. The number of hydrogen-bond acceptors (Lipinski definition) is 2. The van der Waals surface area contributed by atoms with Gasteiger partial charge in [0.2, 0.25) is 0 Å². The summed E-state index contributed by atoms with van der Waals surface area (Å²) in [7, 11) is 0. The fourth-order valence-corrected chi connectivity index (χ4v) is 2.21. The van der Waals surface area contributed by atoms with Crippen molar-refractivity contribution in [1.29, 1.82) is 0 Å². The van der Waals surface area contributed by atoms with Gasteiger partial charge in [-0.2, -0.15) is 0 Å². The lowest BCUT2D eigenvalue weighted by Crippen LogP contribution is -2.29. The van der Waals surface area contributed by atoms with Gasteiger partial charge in [-0.3, -0.25) is 4.90 Å². The van der Waals surface area contributed by atoms with Crippen molar-refractivity contribution in [2.45, 2.75) is 32.7 Å². The topological polar surface area (TPSA) is 23.5 Å². The number of piperidine rings is 1. The van der Waals surface area contributed by atoms with E-state index in [0.29, 0.717) is 5.75 Å². The molecule has 0 atom stereocenters. The van der Waals surface area contributed by atoms with Gasteiger partial charge in [0.05, 0.1) is 0 Å². The molecule has 0 spiro atoms. The molecule has 0 aliphatic carbocycles. The van der Waals surface area contributed by atoms with E-state index in [9.17, 15) is 5.11 Å². The Hall–Kier alpha value is -1.02. The molecule has 1 aliphatic heterocycles. The molecule has 2 nitrogen and oxygen atoms in total. The number of phenols is 1. The normalized spacial score (nSPS) is 17.9. The molecule has 2 heteroatoms. The van der Waals surface area contributed by atoms with Gasteiger partial charge in [0, 0.05) is 12.1 Å². The van der Waals surface area contributed by atoms with E-state index >= 15 is 0 Å². The maximum Gasteiger partial charge on any atom is 0.122 e. The van der Waals surface area contributed by atoms with Crippen molar-refractivity contribution in [3.8, 4) is 5.75 Å². The second kappa shape index (κ2) is 4.67. The second-order valence-corrected chi connectivity index (χ2v) is 4.42. The molecule has 1 heterocycles. The molecule has 0 aromatic heterocycles. The van der Waals surface area contributed by atoms with E-state index in [4.69, 9.17) is 0 Å². The minimum Gasteiger partial charge on any atom is -0.507 e. The van der Waals surface area contributed by atoms with E-state index in [1.54, 1.807) is 0 Å². The Balaban J connectivity index is 2.06. The predicted octanol–water partition coefficient (Wildman–Crippen LogP) is 2.69. The lowest BCUT2D eigenvalue weighted by molar-refractivity contribution is 0.218. The summed E-state index contributed by atoms with van der Waals surface area (Å²) in [4.78, 5) is 2.43. The number of aromatic hydroxyl groups is 1. The summed E-state index contributed by atoms with van der Waals surface area (Å²) in [5.74, 6) is 0.475. The van der Waals surface area contributed by atoms with Crippen LogP contribution in [0.5, 0.6) is 5.75 Å². The summed E-state index contributed by atoms with van der Waals surface area (Å²) >= 11 is 0. The van der Waals surface area contributed by atoms with Crippen LogP contribution in [-0.2, 0) is 6.54 Å². The zero-order valence-corrected chi connectivity index (χ0v) is 9.37. The number of aryl methyl sites for hydroxylation is 1. The summed E-state index contributed by atoms with van der Waals surface area (Å²) in [5.41, 5.74) is 2.04. The van der Waals surface area contributed by atoms with Gasteiger partial charge in [-0.25, -0.2) is 0 Å². The number of phenolic OH excluding ortho intramolecular Hbond substituents is 1. The molecular formula is C13H19NO. The van der Waals surface area contributed by atoms with Crippen LogP contribution in [0.15, 0.2) is 18.2 Å². The Bertz CT molecular complexity index is 329.